The summed E-state index contributed by atoms with van der Waals surface area (Å²) in [7, 11) is -5.16. The summed E-state index contributed by atoms with van der Waals surface area (Å²) in [6, 6.07) is 9.48. The maximum Gasteiger partial charge on any atom is 1.00 e. The van der Waals surface area contributed by atoms with Gasteiger partial charge in [0.2, 0.25) is 0 Å². The quantitative estimate of drug-likeness (QED) is 0.333. The zero-order valence-corrected chi connectivity index (χ0v) is 36.6. The molecule has 0 aliphatic carbocycles. The summed E-state index contributed by atoms with van der Waals surface area (Å²) in [6.45, 7) is 46.1. The molecule has 0 spiro atoms. The first kappa shape index (κ1) is 41.4. The van der Waals surface area contributed by atoms with Crippen molar-refractivity contribution in [2.75, 3.05) is 48.6 Å². The van der Waals surface area contributed by atoms with Crippen molar-refractivity contribution in [1.82, 2.24) is 0 Å². The van der Waals surface area contributed by atoms with Crippen LogP contribution >= 0.6 is 0 Å². The molecule has 244 valence electrons. The average molecular weight is 673 g/mol. The van der Waals surface area contributed by atoms with Gasteiger partial charge in [0, 0.05) is 60.6 Å². The number of nitrogens with zero attached hydrogens (tertiary/aromatic N) is 2. The van der Waals surface area contributed by atoms with Gasteiger partial charge in [-0.25, -0.2) is 0 Å². The normalized spacial score (nSPS) is 18.4. The molecule has 1 aromatic rings. The van der Waals surface area contributed by atoms with E-state index >= 15 is 0 Å². The van der Waals surface area contributed by atoms with Crippen LogP contribution in [0.4, 0.5) is 11.4 Å². The van der Waals surface area contributed by atoms with Gasteiger partial charge >= 0.3 is 18.9 Å². The van der Waals surface area contributed by atoms with Crippen LogP contribution in [0.3, 0.4) is 0 Å². The molecule has 0 unspecified atom stereocenters. The Labute approximate surface area is 285 Å². The summed E-state index contributed by atoms with van der Waals surface area (Å²) in [5.41, 5.74) is 3.68. The zero-order valence-electron chi connectivity index (χ0n) is 31.6. The van der Waals surface area contributed by atoms with Gasteiger partial charge in [-0.15, -0.1) is 0 Å². The summed E-state index contributed by atoms with van der Waals surface area (Å²) in [6.07, 6.45) is 3.49. The van der Waals surface area contributed by atoms with Crippen molar-refractivity contribution < 1.29 is 28.3 Å². The van der Waals surface area contributed by atoms with Crippen LogP contribution in [0.2, 0.25) is 58.9 Å². The minimum Gasteiger partial charge on any atom is -0.526 e. The Balaban J connectivity index is 0.000000702. The topological polar surface area (TPSA) is 24.9 Å². The standard InChI is InChI=1S/C25H53N2Si5.2C4H8O.Li/c1-24(2,3)20-26-22-18-16-17-19-23(22)27(21-25(4,5)6)28(26)32(29(7,8)9,30(10,11)12)31(13,14)15;2*1-2-4-5-3-1;/h16-19H,20-21H2,1-15H3;2*1-4H2;/q-1;;;+1. The van der Waals surface area contributed by atoms with E-state index in [1.54, 1.807) is 11.4 Å². The van der Waals surface area contributed by atoms with Gasteiger partial charge in [0.15, 0.2) is 0 Å². The first-order valence-corrected chi connectivity index (χ1v) is 34.6. The fraction of sp³-hybridized carbons (Fsp3) is 0.818. The third kappa shape index (κ3) is 10.7. The molecule has 1 aromatic carbocycles. The molecule has 0 amide bonds. The molecule has 3 heterocycles. The third-order valence-corrected chi connectivity index (χ3v) is 109. The number of ether oxygens (including phenoxy) is 2. The van der Waals surface area contributed by atoms with Crippen LogP contribution in [0.25, 0.3) is 0 Å². The van der Waals surface area contributed by atoms with Gasteiger partial charge in [-0.05, 0) is 70.4 Å². The van der Waals surface area contributed by atoms with Gasteiger partial charge in [-0.3, -0.25) is 0 Å². The molecule has 43 heavy (non-hydrogen) atoms. The minimum absolute atomic E-state index is 0. The Morgan fingerprint density at radius 2 is 0.860 bits per heavy atom. The molecule has 3 aliphatic heterocycles. The summed E-state index contributed by atoms with van der Waals surface area (Å²) in [5.74, 6) is 0. The second-order valence-electron chi connectivity index (χ2n) is 18.2. The maximum atomic E-state index is 4.94. The Morgan fingerprint density at radius 1 is 0.581 bits per heavy atom. The van der Waals surface area contributed by atoms with Crippen molar-refractivity contribution in [3.8, 4) is 0 Å². The van der Waals surface area contributed by atoms with E-state index in [9.17, 15) is 0 Å². The number of anilines is 2. The Hall–Kier alpha value is 0.422. The van der Waals surface area contributed by atoms with Crippen molar-refractivity contribution in [1.29, 1.82) is 0 Å². The first-order chi connectivity index (χ1) is 19.0. The third-order valence-electron chi connectivity index (χ3n) is 8.60. The van der Waals surface area contributed by atoms with Crippen molar-refractivity contribution in [3.05, 3.63) is 24.3 Å². The predicted molar refractivity (Wildman–Crippen MR) is 202 cm³/mol. The Morgan fingerprint density at radius 3 is 1.05 bits per heavy atom. The van der Waals surface area contributed by atoms with Gasteiger partial charge in [0.25, 0.3) is 0 Å². The molecular formula is C33H69LiN2O2Si5. The second-order valence-corrected chi connectivity index (χ2v) is 67.8. The summed E-state index contributed by atoms with van der Waals surface area (Å²) >= 11 is 0. The van der Waals surface area contributed by atoms with E-state index < -0.39 is 37.6 Å². The molecule has 2 fully saturated rings. The molecule has 4 rings (SSSR count). The van der Waals surface area contributed by atoms with Crippen molar-refractivity contribution in [2.45, 2.75) is 126 Å². The minimum atomic E-state index is -1.62. The van der Waals surface area contributed by atoms with Gasteiger partial charge in [-0.2, -0.15) is 0 Å². The Kier molecular flexibility index (Phi) is 15.4. The Bertz CT molecular complexity index is 865. The van der Waals surface area contributed by atoms with Gasteiger partial charge < -0.3 is 18.6 Å². The monoisotopic (exact) mass is 672 g/mol. The summed E-state index contributed by atoms with van der Waals surface area (Å²) < 4.78 is 16.0. The molecule has 0 bridgehead atoms. The number of fused-ring (bicyclic) bond motifs is 1. The van der Waals surface area contributed by atoms with E-state index in [2.05, 4.69) is 134 Å². The van der Waals surface area contributed by atoms with E-state index in [4.69, 9.17) is 9.47 Å². The number of hydrogen-bond donors (Lipinski definition) is 0. The van der Waals surface area contributed by atoms with Crippen LogP contribution < -0.4 is 28.0 Å². The zero-order chi connectivity index (χ0) is 32.2. The molecule has 0 radical (unpaired) electrons. The number of benzene rings is 1. The van der Waals surface area contributed by atoms with Gasteiger partial charge in [0.1, 0.15) is 0 Å². The number of hydrogen-bond acceptors (Lipinski definition) is 4. The largest absolute Gasteiger partial charge is 1.00 e. The van der Waals surface area contributed by atoms with E-state index in [0.717, 1.165) is 26.4 Å². The van der Waals surface area contributed by atoms with E-state index in [0.29, 0.717) is 10.8 Å². The molecule has 0 aromatic heterocycles. The molecule has 2 saturated heterocycles. The smallest absolute Gasteiger partial charge is 0.526 e. The van der Waals surface area contributed by atoms with Crippen LogP contribution in [-0.2, 0) is 9.47 Å². The fourth-order valence-electron chi connectivity index (χ4n) is 8.37. The van der Waals surface area contributed by atoms with Crippen LogP contribution in [0, 0.1) is 10.8 Å². The van der Waals surface area contributed by atoms with Gasteiger partial charge in [-0.1, -0.05) is 119 Å². The van der Waals surface area contributed by atoms with Crippen molar-refractivity contribution >= 4 is 48.9 Å². The van der Waals surface area contributed by atoms with Crippen LogP contribution in [-0.4, -0.2) is 77.1 Å². The average Bonchev–Trinajstić information content (AvgIpc) is 3.57. The maximum absolute atomic E-state index is 4.94. The molecule has 4 nitrogen and oxygen atoms in total. The summed E-state index contributed by atoms with van der Waals surface area (Å²) in [4.78, 5) is 0. The SMILES string of the molecule is C1CCOC1.C1CCOC1.CC(C)(C)CN1c2ccccc2N(CC(C)(C)C)[Si-]1[Si]([Si](C)(C)C)([Si](C)(C)C)[Si](C)(C)C.[Li+]. The number of para-hydroxylation sites is 2. The summed E-state index contributed by atoms with van der Waals surface area (Å²) in [5, 5.41) is 0. The molecule has 10 heteroatoms. The second kappa shape index (κ2) is 16.0. The number of rotatable bonds is 6. The van der Waals surface area contributed by atoms with Crippen LogP contribution in [0.5, 0.6) is 0 Å². The van der Waals surface area contributed by atoms with E-state index in [1.807, 2.05) is 0 Å². The van der Waals surface area contributed by atoms with Crippen molar-refractivity contribution in [3.63, 3.8) is 0 Å². The fourth-order valence-corrected chi connectivity index (χ4v) is 136. The molecule has 0 N–H and O–H groups in total. The van der Waals surface area contributed by atoms with Crippen LogP contribution in [0.1, 0.15) is 67.2 Å². The van der Waals surface area contributed by atoms with Crippen molar-refractivity contribution in [2.24, 2.45) is 10.8 Å². The predicted octanol–water partition coefficient (Wildman–Crippen LogP) is 6.27. The van der Waals surface area contributed by atoms with Crippen LogP contribution in [0.15, 0.2) is 24.3 Å². The molecule has 3 aliphatic rings. The molecule has 0 atom stereocenters. The van der Waals surface area contributed by atoms with E-state index in [-0.39, 0.29) is 18.9 Å². The van der Waals surface area contributed by atoms with Gasteiger partial charge in [0.05, 0.1) is 0 Å². The molecule has 0 saturated carbocycles. The molecular weight excluding hydrogens is 604 g/mol. The van der Waals surface area contributed by atoms with E-state index in [1.165, 1.54) is 38.8 Å². The first-order valence-electron chi connectivity index (χ1n) is 16.7.